The Morgan fingerprint density at radius 1 is 1.17 bits per heavy atom. The van der Waals surface area contributed by atoms with E-state index in [0.717, 1.165) is 24.0 Å². The molecule has 1 aliphatic rings. The van der Waals surface area contributed by atoms with Crippen LogP contribution in [0, 0.1) is 5.92 Å². The molecule has 0 bridgehead atoms. The predicted octanol–water partition coefficient (Wildman–Crippen LogP) is 2.98. The Labute approximate surface area is 109 Å². The zero-order valence-electron chi connectivity index (χ0n) is 11.5. The van der Waals surface area contributed by atoms with E-state index in [9.17, 15) is 0 Å². The summed E-state index contributed by atoms with van der Waals surface area (Å²) in [5, 5.41) is 3.64. The normalized spacial score (nSPS) is 23.1. The van der Waals surface area contributed by atoms with Crippen molar-refractivity contribution in [1.82, 2.24) is 5.32 Å². The molecule has 0 radical (unpaired) electrons. The summed E-state index contributed by atoms with van der Waals surface area (Å²) in [5.41, 5.74) is 1.24. The van der Waals surface area contributed by atoms with Gasteiger partial charge in [-0.25, -0.2) is 0 Å². The first-order valence-electron chi connectivity index (χ1n) is 6.69. The maximum absolute atomic E-state index is 5.32. The Morgan fingerprint density at radius 3 is 2.56 bits per heavy atom. The maximum Gasteiger partial charge on any atom is 0.161 e. The zero-order chi connectivity index (χ0) is 13.0. The predicted molar refractivity (Wildman–Crippen MR) is 73.2 cm³/mol. The maximum atomic E-state index is 5.32. The Balaban J connectivity index is 1.97. The van der Waals surface area contributed by atoms with Crippen molar-refractivity contribution in [3.05, 3.63) is 23.8 Å². The zero-order valence-corrected chi connectivity index (χ0v) is 11.5. The molecule has 1 aromatic carbocycles. The first kappa shape index (κ1) is 13.2. The number of nitrogens with one attached hydrogen (secondary N) is 1. The Bertz CT molecular complexity index is 392. The van der Waals surface area contributed by atoms with Gasteiger partial charge in [0.05, 0.1) is 14.2 Å². The van der Waals surface area contributed by atoms with E-state index >= 15 is 0 Å². The van der Waals surface area contributed by atoms with Crippen LogP contribution in [0.25, 0.3) is 0 Å². The van der Waals surface area contributed by atoms with E-state index in [-0.39, 0.29) is 0 Å². The van der Waals surface area contributed by atoms with Gasteiger partial charge in [-0.3, -0.25) is 0 Å². The van der Waals surface area contributed by atoms with E-state index in [4.69, 9.17) is 9.47 Å². The number of hydrogen-bond donors (Lipinski definition) is 1. The molecule has 1 fully saturated rings. The molecule has 18 heavy (non-hydrogen) atoms. The van der Waals surface area contributed by atoms with Crippen molar-refractivity contribution in [1.29, 1.82) is 0 Å². The molecular formula is C15H23NO2. The summed E-state index contributed by atoms with van der Waals surface area (Å²) < 4.78 is 10.6. The summed E-state index contributed by atoms with van der Waals surface area (Å²) in [6, 6.07) is 6.77. The molecule has 1 aliphatic carbocycles. The van der Waals surface area contributed by atoms with Crippen LogP contribution in [0.15, 0.2) is 18.2 Å². The molecule has 2 unspecified atom stereocenters. The van der Waals surface area contributed by atoms with Gasteiger partial charge in [0.15, 0.2) is 11.5 Å². The van der Waals surface area contributed by atoms with Crippen LogP contribution >= 0.6 is 0 Å². The molecule has 1 N–H and O–H groups in total. The monoisotopic (exact) mass is 249 g/mol. The molecule has 0 aromatic heterocycles. The van der Waals surface area contributed by atoms with Gasteiger partial charge in [0.25, 0.3) is 0 Å². The third-order valence-electron chi connectivity index (χ3n) is 3.88. The molecule has 0 aliphatic heterocycles. The second-order valence-corrected chi connectivity index (χ2v) is 5.08. The molecule has 0 saturated heterocycles. The number of ether oxygens (including phenoxy) is 2. The molecular weight excluding hydrogens is 226 g/mol. The lowest BCUT2D eigenvalue weighted by Crippen LogP contribution is -2.30. The van der Waals surface area contributed by atoms with Crippen LogP contribution < -0.4 is 14.8 Å². The van der Waals surface area contributed by atoms with Gasteiger partial charge in [0.2, 0.25) is 0 Å². The molecule has 2 rings (SSSR count). The number of methoxy groups -OCH3 is 2. The van der Waals surface area contributed by atoms with Crippen LogP contribution in [-0.2, 0) is 6.54 Å². The van der Waals surface area contributed by atoms with Crippen molar-refractivity contribution < 1.29 is 9.47 Å². The number of hydrogen-bond acceptors (Lipinski definition) is 3. The topological polar surface area (TPSA) is 30.5 Å². The SMILES string of the molecule is COc1ccc(CNC2CCCC2C)cc1OC. The van der Waals surface area contributed by atoms with E-state index in [0.29, 0.717) is 6.04 Å². The third kappa shape index (κ3) is 2.96. The summed E-state index contributed by atoms with van der Waals surface area (Å²) >= 11 is 0. The highest BCUT2D eigenvalue weighted by Gasteiger charge is 2.22. The van der Waals surface area contributed by atoms with Crippen LogP contribution in [0.3, 0.4) is 0 Å². The summed E-state index contributed by atoms with van der Waals surface area (Å²) in [6.45, 7) is 3.23. The third-order valence-corrected chi connectivity index (χ3v) is 3.88. The first-order chi connectivity index (χ1) is 8.74. The van der Waals surface area contributed by atoms with E-state index in [2.05, 4.69) is 18.3 Å². The van der Waals surface area contributed by atoms with E-state index in [1.54, 1.807) is 14.2 Å². The Morgan fingerprint density at radius 2 is 1.94 bits per heavy atom. The van der Waals surface area contributed by atoms with Gasteiger partial charge < -0.3 is 14.8 Å². The van der Waals surface area contributed by atoms with Crippen molar-refractivity contribution in [2.24, 2.45) is 5.92 Å². The molecule has 0 heterocycles. The van der Waals surface area contributed by atoms with Crippen LogP contribution in [0.4, 0.5) is 0 Å². The van der Waals surface area contributed by atoms with Gasteiger partial charge in [0.1, 0.15) is 0 Å². The minimum atomic E-state index is 0.665. The van der Waals surface area contributed by atoms with E-state index in [1.165, 1.54) is 24.8 Å². The second-order valence-electron chi connectivity index (χ2n) is 5.08. The average molecular weight is 249 g/mol. The van der Waals surface area contributed by atoms with Gasteiger partial charge in [-0.1, -0.05) is 19.4 Å². The smallest absolute Gasteiger partial charge is 0.161 e. The number of rotatable bonds is 5. The van der Waals surface area contributed by atoms with Crippen molar-refractivity contribution in [3.8, 4) is 11.5 Å². The largest absolute Gasteiger partial charge is 0.493 e. The molecule has 3 heteroatoms. The first-order valence-corrected chi connectivity index (χ1v) is 6.69. The highest BCUT2D eigenvalue weighted by Crippen LogP contribution is 2.28. The van der Waals surface area contributed by atoms with Crippen molar-refractivity contribution in [2.75, 3.05) is 14.2 Å². The van der Waals surface area contributed by atoms with Crippen LogP contribution in [0.5, 0.6) is 11.5 Å². The van der Waals surface area contributed by atoms with Crippen LogP contribution in [0.2, 0.25) is 0 Å². The van der Waals surface area contributed by atoms with Crippen molar-refractivity contribution in [2.45, 2.75) is 38.8 Å². The van der Waals surface area contributed by atoms with Crippen molar-refractivity contribution >= 4 is 0 Å². The minimum Gasteiger partial charge on any atom is -0.493 e. The highest BCUT2D eigenvalue weighted by atomic mass is 16.5. The minimum absolute atomic E-state index is 0.665. The summed E-state index contributed by atoms with van der Waals surface area (Å²) in [7, 11) is 3.34. The van der Waals surface area contributed by atoms with Crippen LogP contribution in [-0.4, -0.2) is 20.3 Å². The molecule has 1 saturated carbocycles. The standard InChI is InChI=1S/C15H23NO2/c1-11-5-4-6-13(11)16-10-12-7-8-14(17-2)15(9-12)18-3/h7-9,11,13,16H,4-6,10H2,1-3H3. The van der Waals surface area contributed by atoms with Gasteiger partial charge in [-0.15, -0.1) is 0 Å². The molecule has 100 valence electrons. The fraction of sp³-hybridized carbons (Fsp3) is 0.600. The van der Waals surface area contributed by atoms with Gasteiger partial charge in [-0.2, -0.15) is 0 Å². The van der Waals surface area contributed by atoms with Crippen LogP contribution in [0.1, 0.15) is 31.7 Å². The molecule has 2 atom stereocenters. The molecule has 1 aromatic rings. The lowest BCUT2D eigenvalue weighted by Gasteiger charge is -2.17. The second kappa shape index (κ2) is 6.10. The summed E-state index contributed by atoms with van der Waals surface area (Å²) in [6.07, 6.45) is 4.00. The van der Waals surface area contributed by atoms with Gasteiger partial charge >= 0.3 is 0 Å². The average Bonchev–Trinajstić information content (AvgIpc) is 2.81. The Kier molecular flexibility index (Phi) is 4.48. The molecule has 0 spiro atoms. The van der Waals surface area contributed by atoms with Gasteiger partial charge in [0, 0.05) is 12.6 Å². The van der Waals surface area contributed by atoms with E-state index in [1.807, 2.05) is 12.1 Å². The lowest BCUT2D eigenvalue weighted by molar-refractivity contribution is 0.354. The highest BCUT2D eigenvalue weighted by molar-refractivity contribution is 5.42. The molecule has 3 nitrogen and oxygen atoms in total. The number of benzene rings is 1. The van der Waals surface area contributed by atoms with Gasteiger partial charge in [-0.05, 0) is 36.5 Å². The Hall–Kier alpha value is -1.22. The quantitative estimate of drug-likeness (QED) is 0.870. The van der Waals surface area contributed by atoms with E-state index < -0.39 is 0 Å². The summed E-state index contributed by atoms with van der Waals surface area (Å²) in [5.74, 6) is 2.39. The molecule has 0 amide bonds. The fourth-order valence-corrected chi connectivity index (χ4v) is 2.69. The fourth-order valence-electron chi connectivity index (χ4n) is 2.69. The lowest BCUT2D eigenvalue weighted by atomic mass is 10.1. The van der Waals surface area contributed by atoms with Crippen molar-refractivity contribution in [3.63, 3.8) is 0 Å². The summed E-state index contributed by atoms with van der Waals surface area (Å²) in [4.78, 5) is 0.